The van der Waals surface area contributed by atoms with Crippen LogP contribution in [0, 0.1) is 5.82 Å². The number of imidazole rings is 1. The zero-order chi connectivity index (χ0) is 15.6. The van der Waals surface area contributed by atoms with Crippen molar-refractivity contribution in [3.63, 3.8) is 0 Å². The van der Waals surface area contributed by atoms with Gasteiger partial charge in [-0.25, -0.2) is 22.5 Å². The number of nitrogens with one attached hydrogen (secondary N) is 2. The van der Waals surface area contributed by atoms with Gasteiger partial charge in [-0.3, -0.25) is 0 Å². The number of rotatable bonds is 5. The predicted molar refractivity (Wildman–Crippen MR) is 74.7 cm³/mol. The van der Waals surface area contributed by atoms with E-state index in [2.05, 4.69) is 14.7 Å². The second kappa shape index (κ2) is 6.10. The summed E-state index contributed by atoms with van der Waals surface area (Å²) in [6.07, 6.45) is 3.05. The van der Waals surface area contributed by atoms with Crippen LogP contribution in [0.15, 0.2) is 29.4 Å². The lowest BCUT2D eigenvalue weighted by molar-refractivity contribution is 0.281. The van der Waals surface area contributed by atoms with Gasteiger partial charge in [0.15, 0.2) is 0 Å². The number of hydrogen-bond donors (Lipinski definition) is 3. The number of nitrogens with zero attached hydrogens (tertiary/aromatic N) is 1. The van der Waals surface area contributed by atoms with Crippen LogP contribution in [0.5, 0.6) is 0 Å². The topological polar surface area (TPSA) is 95.1 Å². The minimum atomic E-state index is -3.98. The summed E-state index contributed by atoms with van der Waals surface area (Å²) in [7, 11) is -3.98. The van der Waals surface area contributed by atoms with E-state index in [1.54, 1.807) is 13.1 Å². The largest absolute Gasteiger partial charge is 0.392 e. The molecule has 2 rings (SSSR count). The first-order valence-electron chi connectivity index (χ1n) is 5.95. The Bertz CT molecular complexity index is 734. The van der Waals surface area contributed by atoms with Gasteiger partial charge < -0.3 is 10.1 Å². The summed E-state index contributed by atoms with van der Waals surface area (Å²) in [4.78, 5) is 6.41. The molecule has 0 radical (unpaired) electrons. The van der Waals surface area contributed by atoms with Crippen LogP contribution in [-0.2, 0) is 16.6 Å². The lowest BCUT2D eigenvalue weighted by Crippen LogP contribution is -2.27. The van der Waals surface area contributed by atoms with Gasteiger partial charge in [0.25, 0.3) is 0 Å². The van der Waals surface area contributed by atoms with Gasteiger partial charge in [-0.2, -0.15) is 0 Å². The maximum Gasteiger partial charge on any atom is 0.241 e. The molecule has 0 aliphatic rings. The molecule has 1 atom stereocenters. The summed E-state index contributed by atoms with van der Waals surface area (Å²) in [5.74, 6) is -0.482. The zero-order valence-electron chi connectivity index (χ0n) is 11.0. The van der Waals surface area contributed by atoms with E-state index in [9.17, 15) is 12.8 Å². The number of aromatic nitrogens is 2. The van der Waals surface area contributed by atoms with E-state index in [0.29, 0.717) is 5.82 Å². The molecule has 1 unspecified atom stereocenters. The summed E-state index contributed by atoms with van der Waals surface area (Å²) in [5.41, 5.74) is 0.00249. The van der Waals surface area contributed by atoms with Crippen molar-refractivity contribution in [2.45, 2.75) is 24.5 Å². The third-order valence-corrected chi connectivity index (χ3v) is 4.76. The van der Waals surface area contributed by atoms with Gasteiger partial charge in [-0.15, -0.1) is 0 Å². The summed E-state index contributed by atoms with van der Waals surface area (Å²) >= 11 is 5.64. The Balaban J connectivity index is 2.34. The Morgan fingerprint density at radius 3 is 2.81 bits per heavy atom. The molecule has 0 saturated carbocycles. The van der Waals surface area contributed by atoms with Gasteiger partial charge in [-0.1, -0.05) is 11.6 Å². The highest BCUT2D eigenvalue weighted by atomic mass is 35.5. The third-order valence-electron chi connectivity index (χ3n) is 2.82. The van der Waals surface area contributed by atoms with E-state index in [1.807, 2.05) is 0 Å². The summed E-state index contributed by atoms with van der Waals surface area (Å²) in [6.45, 7) is 1.03. The number of benzene rings is 1. The molecule has 114 valence electrons. The Hall–Kier alpha value is -1.48. The average Bonchev–Trinajstić information content (AvgIpc) is 2.95. The minimum absolute atomic E-state index is 0.00249. The fourth-order valence-corrected chi connectivity index (χ4v) is 3.20. The lowest BCUT2D eigenvalue weighted by atomic mass is 10.2. The number of aromatic amines is 1. The summed E-state index contributed by atoms with van der Waals surface area (Å²) in [5, 5.41) is 8.79. The Kier molecular flexibility index (Phi) is 4.62. The number of halogens is 2. The third kappa shape index (κ3) is 3.41. The van der Waals surface area contributed by atoms with E-state index in [1.165, 1.54) is 6.20 Å². The monoisotopic (exact) mass is 333 g/mol. The van der Waals surface area contributed by atoms with E-state index >= 15 is 0 Å². The molecule has 0 aliphatic carbocycles. The second-order valence-electron chi connectivity index (χ2n) is 4.35. The van der Waals surface area contributed by atoms with Crippen LogP contribution < -0.4 is 4.72 Å². The molecule has 2 aromatic rings. The maximum atomic E-state index is 13.6. The number of aliphatic hydroxyl groups is 1. The van der Waals surface area contributed by atoms with Crippen molar-refractivity contribution in [3.05, 3.63) is 46.8 Å². The molecule has 1 heterocycles. The maximum absolute atomic E-state index is 13.6. The lowest BCUT2D eigenvalue weighted by Gasteiger charge is -2.13. The van der Waals surface area contributed by atoms with Crippen LogP contribution >= 0.6 is 11.6 Å². The summed E-state index contributed by atoms with van der Waals surface area (Å²) < 4.78 is 40.4. The number of sulfonamides is 1. The standard InChI is InChI=1S/C12H13ClFN3O3S/c1-7(12-15-2-3-16-12)17-21(19,20)9-4-8(6-18)11(13)10(14)5-9/h2-5,7,17-18H,6H2,1H3,(H,15,16). The van der Waals surface area contributed by atoms with E-state index < -0.39 is 28.5 Å². The molecule has 0 aliphatic heterocycles. The van der Waals surface area contributed by atoms with Crippen LogP contribution in [0.2, 0.25) is 5.02 Å². The molecule has 0 bridgehead atoms. The van der Waals surface area contributed by atoms with Gasteiger partial charge in [-0.05, 0) is 19.1 Å². The quantitative estimate of drug-likeness (QED) is 0.776. The van der Waals surface area contributed by atoms with Crippen molar-refractivity contribution >= 4 is 21.6 Å². The molecule has 0 saturated heterocycles. The van der Waals surface area contributed by atoms with Crippen molar-refractivity contribution in [3.8, 4) is 0 Å². The fourth-order valence-electron chi connectivity index (χ4n) is 1.76. The molecule has 6 nitrogen and oxygen atoms in total. The van der Waals surface area contributed by atoms with Crippen LogP contribution in [0.1, 0.15) is 24.4 Å². The van der Waals surface area contributed by atoms with Gasteiger partial charge >= 0.3 is 0 Å². The highest BCUT2D eigenvalue weighted by Crippen LogP contribution is 2.25. The first-order valence-corrected chi connectivity index (χ1v) is 7.81. The normalized spacial score (nSPS) is 13.3. The Morgan fingerprint density at radius 2 is 2.24 bits per heavy atom. The number of H-pyrrole nitrogens is 1. The van der Waals surface area contributed by atoms with Gasteiger partial charge in [0, 0.05) is 18.0 Å². The number of aliphatic hydroxyl groups excluding tert-OH is 1. The first-order chi connectivity index (χ1) is 9.85. The molecule has 0 amide bonds. The van der Waals surface area contributed by atoms with E-state index in [-0.39, 0.29) is 15.5 Å². The Morgan fingerprint density at radius 1 is 1.52 bits per heavy atom. The zero-order valence-corrected chi connectivity index (χ0v) is 12.5. The highest BCUT2D eigenvalue weighted by Gasteiger charge is 2.22. The first kappa shape index (κ1) is 15.9. The van der Waals surface area contributed by atoms with Crippen LogP contribution in [-0.4, -0.2) is 23.5 Å². The van der Waals surface area contributed by atoms with Crippen molar-refractivity contribution in [2.24, 2.45) is 0 Å². The number of hydrogen-bond acceptors (Lipinski definition) is 4. The van der Waals surface area contributed by atoms with Crippen molar-refractivity contribution < 1.29 is 17.9 Å². The predicted octanol–water partition coefficient (Wildman–Crippen LogP) is 1.73. The van der Waals surface area contributed by atoms with Crippen LogP contribution in [0.25, 0.3) is 0 Å². The molecular formula is C12H13ClFN3O3S. The summed E-state index contributed by atoms with van der Waals surface area (Å²) in [6, 6.07) is 1.31. The smallest absolute Gasteiger partial charge is 0.241 e. The fraction of sp³-hybridized carbons (Fsp3) is 0.250. The van der Waals surface area contributed by atoms with Crippen LogP contribution in [0.4, 0.5) is 4.39 Å². The van der Waals surface area contributed by atoms with Crippen LogP contribution in [0.3, 0.4) is 0 Å². The van der Waals surface area contributed by atoms with Gasteiger partial charge in [0.2, 0.25) is 10.0 Å². The molecule has 0 spiro atoms. The van der Waals surface area contributed by atoms with Gasteiger partial charge in [0.1, 0.15) is 11.6 Å². The SMILES string of the molecule is CC(NS(=O)(=O)c1cc(F)c(Cl)c(CO)c1)c1ncc[nH]1. The van der Waals surface area contributed by atoms with E-state index in [4.69, 9.17) is 16.7 Å². The molecule has 0 fully saturated rings. The molecule has 9 heteroatoms. The van der Waals surface area contributed by atoms with Crippen molar-refractivity contribution in [1.82, 2.24) is 14.7 Å². The second-order valence-corrected chi connectivity index (χ2v) is 6.45. The molecule has 1 aromatic carbocycles. The minimum Gasteiger partial charge on any atom is -0.392 e. The van der Waals surface area contributed by atoms with Gasteiger partial charge in [0.05, 0.1) is 22.6 Å². The Labute approximate surface area is 126 Å². The molecule has 1 aromatic heterocycles. The van der Waals surface area contributed by atoms with Crippen molar-refractivity contribution in [2.75, 3.05) is 0 Å². The average molecular weight is 334 g/mol. The molecular weight excluding hydrogens is 321 g/mol. The van der Waals surface area contributed by atoms with Crippen molar-refractivity contribution in [1.29, 1.82) is 0 Å². The highest BCUT2D eigenvalue weighted by molar-refractivity contribution is 7.89. The van der Waals surface area contributed by atoms with E-state index in [0.717, 1.165) is 12.1 Å². The molecule has 3 N–H and O–H groups in total. The molecule has 21 heavy (non-hydrogen) atoms.